The molecule has 0 saturated heterocycles. The zero-order valence-electron chi connectivity index (χ0n) is 10.9. The smallest absolute Gasteiger partial charge is 0.219 e. The van der Waals surface area contributed by atoms with Gasteiger partial charge in [-0.25, -0.2) is 0 Å². The predicted octanol–water partition coefficient (Wildman–Crippen LogP) is 2.62. The maximum absolute atomic E-state index is 11.4. The van der Waals surface area contributed by atoms with Crippen LogP contribution in [0, 0.1) is 5.92 Å². The van der Waals surface area contributed by atoms with Gasteiger partial charge < -0.3 is 11.1 Å². The molecular weight excluding hydrogens is 236 g/mol. The van der Waals surface area contributed by atoms with Gasteiger partial charge in [-0.1, -0.05) is 25.7 Å². The summed E-state index contributed by atoms with van der Waals surface area (Å²) in [6.45, 7) is 2.69. The standard InChI is InChI=1S/C13H26N2O.ClH/c1-11(14)9-10-15-13(16)8-4-7-12-5-2-3-6-12;/h11-12H,2-10,14H2,1H3,(H,15,16);1H. The summed E-state index contributed by atoms with van der Waals surface area (Å²) >= 11 is 0. The monoisotopic (exact) mass is 262 g/mol. The first-order valence-corrected chi connectivity index (χ1v) is 6.70. The van der Waals surface area contributed by atoms with Crippen molar-refractivity contribution < 1.29 is 4.79 Å². The SMILES string of the molecule is CC(N)CCNC(=O)CCCC1CCCC1.Cl. The Morgan fingerprint density at radius 3 is 2.65 bits per heavy atom. The van der Waals surface area contributed by atoms with Crippen molar-refractivity contribution in [2.75, 3.05) is 6.54 Å². The number of nitrogens with one attached hydrogen (secondary N) is 1. The first-order valence-electron chi connectivity index (χ1n) is 6.70. The summed E-state index contributed by atoms with van der Waals surface area (Å²) in [5.41, 5.74) is 5.61. The number of rotatable bonds is 7. The van der Waals surface area contributed by atoms with Crippen molar-refractivity contribution >= 4 is 18.3 Å². The number of hydrogen-bond acceptors (Lipinski definition) is 2. The van der Waals surface area contributed by atoms with Gasteiger partial charge in [0.15, 0.2) is 0 Å². The number of carbonyl (C=O) groups excluding carboxylic acids is 1. The van der Waals surface area contributed by atoms with Gasteiger partial charge in [0.25, 0.3) is 0 Å². The predicted molar refractivity (Wildman–Crippen MR) is 74.3 cm³/mol. The third-order valence-corrected chi connectivity index (χ3v) is 3.41. The van der Waals surface area contributed by atoms with Crippen LogP contribution in [-0.4, -0.2) is 18.5 Å². The van der Waals surface area contributed by atoms with E-state index in [1.54, 1.807) is 0 Å². The second kappa shape index (κ2) is 9.72. The molecule has 1 aliphatic carbocycles. The molecule has 1 amide bonds. The Bertz CT molecular complexity index is 204. The van der Waals surface area contributed by atoms with Gasteiger partial charge in [0, 0.05) is 19.0 Å². The highest BCUT2D eigenvalue weighted by atomic mass is 35.5. The number of hydrogen-bond donors (Lipinski definition) is 2. The Balaban J connectivity index is 0.00000256. The van der Waals surface area contributed by atoms with E-state index in [2.05, 4.69) is 5.32 Å². The Hall–Kier alpha value is -0.280. The van der Waals surface area contributed by atoms with Crippen LogP contribution in [0.3, 0.4) is 0 Å². The highest BCUT2D eigenvalue weighted by Gasteiger charge is 2.14. The van der Waals surface area contributed by atoms with E-state index >= 15 is 0 Å². The molecule has 0 aromatic heterocycles. The lowest BCUT2D eigenvalue weighted by molar-refractivity contribution is -0.121. The molecule has 3 nitrogen and oxygen atoms in total. The second-order valence-corrected chi connectivity index (χ2v) is 5.16. The average Bonchev–Trinajstić information content (AvgIpc) is 2.70. The highest BCUT2D eigenvalue weighted by Crippen LogP contribution is 2.28. The van der Waals surface area contributed by atoms with Crippen LogP contribution in [-0.2, 0) is 4.79 Å². The minimum atomic E-state index is 0. The van der Waals surface area contributed by atoms with Crippen molar-refractivity contribution in [3.63, 3.8) is 0 Å². The minimum Gasteiger partial charge on any atom is -0.356 e. The minimum absolute atomic E-state index is 0. The van der Waals surface area contributed by atoms with E-state index in [-0.39, 0.29) is 24.4 Å². The van der Waals surface area contributed by atoms with Gasteiger partial charge in [-0.15, -0.1) is 12.4 Å². The van der Waals surface area contributed by atoms with Crippen LogP contribution in [0.15, 0.2) is 0 Å². The van der Waals surface area contributed by atoms with Crippen LogP contribution in [0.1, 0.15) is 58.3 Å². The van der Waals surface area contributed by atoms with Crippen molar-refractivity contribution in [3.05, 3.63) is 0 Å². The Morgan fingerprint density at radius 1 is 1.41 bits per heavy atom. The number of amides is 1. The largest absolute Gasteiger partial charge is 0.356 e. The van der Waals surface area contributed by atoms with Crippen molar-refractivity contribution in [1.29, 1.82) is 0 Å². The third kappa shape index (κ3) is 8.44. The van der Waals surface area contributed by atoms with Gasteiger partial charge in [0.2, 0.25) is 5.91 Å². The highest BCUT2D eigenvalue weighted by molar-refractivity contribution is 5.85. The molecule has 4 heteroatoms. The fourth-order valence-corrected chi connectivity index (χ4v) is 2.38. The maximum atomic E-state index is 11.4. The molecule has 1 unspecified atom stereocenters. The molecule has 0 aromatic rings. The topological polar surface area (TPSA) is 55.1 Å². The zero-order valence-corrected chi connectivity index (χ0v) is 11.7. The van der Waals surface area contributed by atoms with E-state index in [1.165, 1.54) is 32.1 Å². The summed E-state index contributed by atoms with van der Waals surface area (Å²) in [6, 6.07) is 0.179. The van der Waals surface area contributed by atoms with Crippen LogP contribution < -0.4 is 11.1 Å². The summed E-state index contributed by atoms with van der Waals surface area (Å²) in [6.07, 6.45) is 9.40. The third-order valence-electron chi connectivity index (χ3n) is 3.41. The molecule has 1 fully saturated rings. The van der Waals surface area contributed by atoms with Gasteiger partial charge in [0.05, 0.1) is 0 Å². The molecular formula is C13H27ClN2O. The lowest BCUT2D eigenvalue weighted by Gasteiger charge is -2.09. The molecule has 0 spiro atoms. The van der Waals surface area contributed by atoms with Gasteiger partial charge >= 0.3 is 0 Å². The van der Waals surface area contributed by atoms with E-state index in [9.17, 15) is 4.79 Å². The summed E-state index contributed by atoms with van der Waals surface area (Å²) in [7, 11) is 0. The fourth-order valence-electron chi connectivity index (χ4n) is 2.38. The molecule has 102 valence electrons. The molecule has 17 heavy (non-hydrogen) atoms. The summed E-state index contributed by atoms with van der Waals surface area (Å²) < 4.78 is 0. The Kier molecular flexibility index (Phi) is 9.56. The second-order valence-electron chi connectivity index (χ2n) is 5.16. The molecule has 3 N–H and O–H groups in total. The molecule has 0 aliphatic heterocycles. The van der Waals surface area contributed by atoms with Crippen molar-refractivity contribution in [1.82, 2.24) is 5.32 Å². The van der Waals surface area contributed by atoms with Crippen molar-refractivity contribution in [2.45, 2.75) is 64.3 Å². The number of nitrogens with two attached hydrogens (primary N) is 1. The van der Waals surface area contributed by atoms with Gasteiger partial charge in [0.1, 0.15) is 0 Å². The summed E-state index contributed by atoms with van der Waals surface area (Å²) in [4.78, 5) is 11.4. The first-order chi connectivity index (χ1) is 7.68. The average molecular weight is 263 g/mol. The van der Waals surface area contributed by atoms with Gasteiger partial charge in [-0.3, -0.25) is 4.79 Å². The lowest BCUT2D eigenvalue weighted by atomic mass is 10.0. The molecule has 0 heterocycles. The van der Waals surface area contributed by atoms with E-state index in [0.717, 1.165) is 25.3 Å². The molecule has 1 saturated carbocycles. The fraction of sp³-hybridized carbons (Fsp3) is 0.923. The summed E-state index contributed by atoms with van der Waals surface area (Å²) in [5, 5.41) is 2.92. The molecule has 1 aliphatic rings. The Morgan fingerprint density at radius 2 is 2.06 bits per heavy atom. The first kappa shape index (κ1) is 16.7. The van der Waals surface area contributed by atoms with Crippen molar-refractivity contribution in [3.8, 4) is 0 Å². The normalized spacial score (nSPS) is 17.5. The van der Waals surface area contributed by atoms with Crippen LogP contribution in [0.5, 0.6) is 0 Å². The van der Waals surface area contributed by atoms with Gasteiger partial charge in [-0.2, -0.15) is 0 Å². The molecule has 0 radical (unpaired) electrons. The number of carbonyl (C=O) groups is 1. The quantitative estimate of drug-likeness (QED) is 0.741. The van der Waals surface area contributed by atoms with Crippen molar-refractivity contribution in [2.24, 2.45) is 11.7 Å². The van der Waals surface area contributed by atoms with E-state index in [0.29, 0.717) is 6.42 Å². The zero-order chi connectivity index (χ0) is 11.8. The van der Waals surface area contributed by atoms with Crippen LogP contribution in [0.2, 0.25) is 0 Å². The van der Waals surface area contributed by atoms with E-state index < -0.39 is 0 Å². The van der Waals surface area contributed by atoms with E-state index in [1.807, 2.05) is 6.92 Å². The molecule has 1 rings (SSSR count). The van der Waals surface area contributed by atoms with Crippen LogP contribution in [0.4, 0.5) is 0 Å². The summed E-state index contributed by atoms with van der Waals surface area (Å²) in [5.74, 6) is 1.09. The van der Waals surface area contributed by atoms with Gasteiger partial charge in [-0.05, 0) is 32.1 Å². The van der Waals surface area contributed by atoms with Crippen LogP contribution >= 0.6 is 12.4 Å². The van der Waals surface area contributed by atoms with E-state index in [4.69, 9.17) is 5.73 Å². The molecule has 0 aromatic carbocycles. The lowest BCUT2D eigenvalue weighted by Crippen LogP contribution is -2.28. The Labute approximate surface area is 111 Å². The van der Waals surface area contributed by atoms with Crippen LogP contribution in [0.25, 0.3) is 0 Å². The molecule has 0 bridgehead atoms. The maximum Gasteiger partial charge on any atom is 0.219 e. The number of halogens is 1. The molecule has 1 atom stereocenters.